The second-order valence-electron chi connectivity index (χ2n) is 6.35. The van der Waals surface area contributed by atoms with Gasteiger partial charge in [0.15, 0.2) is 0 Å². The molecule has 3 rings (SSSR count). The van der Waals surface area contributed by atoms with E-state index in [1.54, 1.807) is 12.1 Å². The SMILES string of the molecule is O=C(CNc1cccc(C(F)(F)F)c1)N/N=C\c1ccc(-c2ccc([N+](=O)[O-])cc2Cl)o1. The number of hydrogen-bond donors (Lipinski definition) is 2. The van der Waals surface area contributed by atoms with Gasteiger partial charge in [-0.2, -0.15) is 18.3 Å². The Morgan fingerprint density at radius 3 is 2.66 bits per heavy atom. The highest BCUT2D eigenvalue weighted by molar-refractivity contribution is 6.33. The number of rotatable bonds is 7. The van der Waals surface area contributed by atoms with Crippen molar-refractivity contribution < 1.29 is 27.3 Å². The van der Waals surface area contributed by atoms with Gasteiger partial charge in [0.05, 0.1) is 28.3 Å². The molecule has 0 radical (unpaired) electrons. The minimum atomic E-state index is -4.48. The molecule has 0 aliphatic rings. The molecule has 0 spiro atoms. The highest BCUT2D eigenvalue weighted by Gasteiger charge is 2.30. The largest absolute Gasteiger partial charge is 0.455 e. The number of nitro benzene ring substituents is 1. The van der Waals surface area contributed by atoms with Gasteiger partial charge in [-0.25, -0.2) is 5.43 Å². The number of benzene rings is 2. The van der Waals surface area contributed by atoms with Crippen LogP contribution in [-0.4, -0.2) is 23.6 Å². The smallest absolute Gasteiger partial charge is 0.416 e. The molecule has 12 heteroatoms. The van der Waals surface area contributed by atoms with Crippen LogP contribution in [-0.2, 0) is 11.0 Å². The van der Waals surface area contributed by atoms with E-state index in [2.05, 4.69) is 15.8 Å². The van der Waals surface area contributed by atoms with Crippen molar-refractivity contribution in [1.29, 1.82) is 0 Å². The number of carbonyl (C=O) groups is 1. The van der Waals surface area contributed by atoms with Crippen LogP contribution in [0.1, 0.15) is 11.3 Å². The fraction of sp³-hybridized carbons (Fsp3) is 0.100. The summed E-state index contributed by atoms with van der Waals surface area (Å²) in [5.74, 6) is 0.00768. The van der Waals surface area contributed by atoms with Gasteiger partial charge in [0, 0.05) is 23.4 Å². The highest BCUT2D eigenvalue weighted by Crippen LogP contribution is 2.32. The number of alkyl halides is 3. The minimum absolute atomic E-state index is 0.131. The molecule has 0 bridgehead atoms. The number of hydrazone groups is 1. The maximum absolute atomic E-state index is 12.7. The van der Waals surface area contributed by atoms with Crippen molar-refractivity contribution in [2.75, 3.05) is 11.9 Å². The molecule has 2 N–H and O–H groups in total. The first-order valence-corrected chi connectivity index (χ1v) is 9.28. The Bertz CT molecular complexity index is 1180. The zero-order chi connectivity index (χ0) is 23.3. The minimum Gasteiger partial charge on any atom is -0.455 e. The molecule has 0 atom stereocenters. The molecule has 0 unspecified atom stereocenters. The number of hydrogen-bond acceptors (Lipinski definition) is 6. The monoisotopic (exact) mass is 466 g/mol. The molecular weight excluding hydrogens is 453 g/mol. The summed E-state index contributed by atoms with van der Waals surface area (Å²) in [6.07, 6.45) is -3.27. The fourth-order valence-corrected chi connectivity index (χ4v) is 2.85. The van der Waals surface area contributed by atoms with Gasteiger partial charge in [0.1, 0.15) is 11.5 Å². The van der Waals surface area contributed by atoms with E-state index in [9.17, 15) is 28.1 Å². The van der Waals surface area contributed by atoms with E-state index in [1.165, 1.54) is 36.5 Å². The predicted molar refractivity (Wildman–Crippen MR) is 111 cm³/mol. The van der Waals surface area contributed by atoms with Gasteiger partial charge in [-0.3, -0.25) is 14.9 Å². The molecule has 1 amide bonds. The summed E-state index contributed by atoms with van der Waals surface area (Å²) in [6.45, 7) is -0.305. The molecule has 1 aromatic heterocycles. The number of nitrogens with one attached hydrogen (secondary N) is 2. The van der Waals surface area contributed by atoms with Crippen LogP contribution in [0.2, 0.25) is 5.02 Å². The Kier molecular flexibility index (Phi) is 6.79. The average Bonchev–Trinajstić information content (AvgIpc) is 3.20. The zero-order valence-corrected chi connectivity index (χ0v) is 16.8. The van der Waals surface area contributed by atoms with E-state index in [-0.39, 0.29) is 28.7 Å². The lowest BCUT2D eigenvalue weighted by Gasteiger charge is -2.09. The van der Waals surface area contributed by atoms with Crippen LogP contribution in [0.3, 0.4) is 0 Å². The molecule has 0 aliphatic heterocycles. The maximum atomic E-state index is 12.7. The Balaban J connectivity index is 1.55. The quantitative estimate of drug-likeness (QED) is 0.286. The van der Waals surface area contributed by atoms with Crippen molar-refractivity contribution >= 4 is 35.1 Å². The van der Waals surface area contributed by atoms with E-state index < -0.39 is 22.6 Å². The van der Waals surface area contributed by atoms with E-state index in [0.29, 0.717) is 11.3 Å². The molecule has 0 saturated heterocycles. The summed E-state index contributed by atoms with van der Waals surface area (Å²) in [5.41, 5.74) is 1.79. The van der Waals surface area contributed by atoms with Crippen LogP contribution in [0, 0.1) is 10.1 Å². The summed E-state index contributed by atoms with van der Waals surface area (Å²) in [4.78, 5) is 22.0. The van der Waals surface area contributed by atoms with Crippen molar-refractivity contribution in [3.8, 4) is 11.3 Å². The summed E-state index contributed by atoms with van der Waals surface area (Å²) < 4.78 is 43.7. The Morgan fingerprint density at radius 2 is 1.97 bits per heavy atom. The second-order valence-corrected chi connectivity index (χ2v) is 6.76. The van der Waals surface area contributed by atoms with Gasteiger partial charge >= 0.3 is 6.18 Å². The first kappa shape index (κ1) is 22.8. The summed E-state index contributed by atoms with van der Waals surface area (Å²) >= 11 is 6.06. The molecular formula is C20H14ClF3N4O4. The molecule has 8 nitrogen and oxygen atoms in total. The van der Waals surface area contributed by atoms with Gasteiger partial charge in [0.25, 0.3) is 11.6 Å². The molecule has 3 aromatic rings. The number of nitro groups is 1. The second kappa shape index (κ2) is 9.52. The normalized spacial score (nSPS) is 11.5. The third-order valence-corrected chi connectivity index (χ3v) is 4.39. The Labute approximate surface area is 183 Å². The lowest BCUT2D eigenvalue weighted by atomic mass is 10.1. The number of furan rings is 1. The fourth-order valence-electron chi connectivity index (χ4n) is 2.58. The number of halogens is 4. The third-order valence-electron chi connectivity index (χ3n) is 4.08. The summed E-state index contributed by atoms with van der Waals surface area (Å²) in [7, 11) is 0. The highest BCUT2D eigenvalue weighted by atomic mass is 35.5. The van der Waals surface area contributed by atoms with Gasteiger partial charge in [-0.05, 0) is 36.4 Å². The van der Waals surface area contributed by atoms with E-state index in [1.807, 2.05) is 0 Å². The van der Waals surface area contributed by atoms with Crippen molar-refractivity contribution in [3.05, 3.63) is 81.1 Å². The van der Waals surface area contributed by atoms with E-state index in [0.717, 1.165) is 12.1 Å². The number of carbonyl (C=O) groups excluding carboxylic acids is 1. The van der Waals surface area contributed by atoms with Gasteiger partial charge in [-0.15, -0.1) is 0 Å². The Hall–Kier alpha value is -3.86. The van der Waals surface area contributed by atoms with Crippen molar-refractivity contribution in [2.45, 2.75) is 6.18 Å². The van der Waals surface area contributed by atoms with E-state index in [4.69, 9.17) is 16.0 Å². The number of amides is 1. The topological polar surface area (TPSA) is 110 Å². The number of non-ortho nitro benzene ring substituents is 1. The zero-order valence-electron chi connectivity index (χ0n) is 16.0. The lowest BCUT2D eigenvalue weighted by Crippen LogP contribution is -2.26. The van der Waals surface area contributed by atoms with Gasteiger partial charge in [-0.1, -0.05) is 17.7 Å². The Morgan fingerprint density at radius 1 is 1.19 bits per heavy atom. The van der Waals surface area contributed by atoms with Crippen LogP contribution in [0.5, 0.6) is 0 Å². The average molecular weight is 467 g/mol. The molecule has 1 heterocycles. The van der Waals surface area contributed by atoms with Crippen molar-refractivity contribution in [3.63, 3.8) is 0 Å². The van der Waals surface area contributed by atoms with E-state index >= 15 is 0 Å². The third kappa shape index (κ3) is 5.85. The summed E-state index contributed by atoms with van der Waals surface area (Å²) in [6, 6.07) is 11.5. The predicted octanol–water partition coefficient (Wildman–Crippen LogP) is 5.09. The molecule has 2 aromatic carbocycles. The summed E-state index contributed by atoms with van der Waals surface area (Å²) in [5, 5.41) is 17.2. The lowest BCUT2D eigenvalue weighted by molar-refractivity contribution is -0.384. The first-order chi connectivity index (χ1) is 15.1. The van der Waals surface area contributed by atoms with Crippen LogP contribution < -0.4 is 10.7 Å². The van der Waals surface area contributed by atoms with Crippen LogP contribution in [0.25, 0.3) is 11.3 Å². The van der Waals surface area contributed by atoms with Crippen LogP contribution in [0.15, 0.2) is 64.1 Å². The van der Waals surface area contributed by atoms with Crippen LogP contribution >= 0.6 is 11.6 Å². The van der Waals surface area contributed by atoms with Crippen molar-refractivity contribution in [1.82, 2.24) is 5.43 Å². The molecule has 0 saturated carbocycles. The number of anilines is 1. The first-order valence-electron chi connectivity index (χ1n) is 8.90. The maximum Gasteiger partial charge on any atom is 0.416 e. The molecule has 32 heavy (non-hydrogen) atoms. The molecule has 0 aliphatic carbocycles. The molecule has 166 valence electrons. The standard InChI is InChI=1S/C20H14ClF3N4O4/c21-17-9-14(28(30)31)4-6-16(17)18-7-5-15(32-18)10-26-27-19(29)11-25-13-3-1-2-12(8-13)20(22,23)24/h1-10,25H,11H2,(H,27,29)/b26-10-. The van der Waals surface area contributed by atoms with Crippen LogP contribution in [0.4, 0.5) is 24.5 Å². The number of nitrogens with zero attached hydrogens (tertiary/aromatic N) is 2. The van der Waals surface area contributed by atoms with Gasteiger partial charge < -0.3 is 9.73 Å². The molecule has 0 fully saturated rings. The van der Waals surface area contributed by atoms with Crippen molar-refractivity contribution in [2.24, 2.45) is 5.10 Å². The van der Waals surface area contributed by atoms with Gasteiger partial charge in [0.2, 0.25) is 0 Å².